The first-order valence-electron chi connectivity index (χ1n) is 9.74. The summed E-state index contributed by atoms with van der Waals surface area (Å²) < 4.78 is 5.45. The molecule has 0 radical (unpaired) electrons. The number of rotatable bonds is 6. The second kappa shape index (κ2) is 9.08. The fraction of sp³-hybridized carbons (Fsp3) is 0.571. The monoisotopic (exact) mass is 356 g/mol. The molecule has 142 valence electrons. The van der Waals surface area contributed by atoms with Gasteiger partial charge in [-0.15, -0.1) is 0 Å². The lowest BCUT2D eigenvalue weighted by Gasteiger charge is -2.26. The molecular weight excluding hydrogens is 324 g/mol. The van der Waals surface area contributed by atoms with Gasteiger partial charge < -0.3 is 19.9 Å². The quantitative estimate of drug-likeness (QED) is 0.616. The highest BCUT2D eigenvalue weighted by molar-refractivity contribution is 5.84. The van der Waals surface area contributed by atoms with Crippen LogP contribution in [-0.4, -0.2) is 56.2 Å². The number of nitrogens with zero attached hydrogens (tertiary/aromatic N) is 2. The Morgan fingerprint density at radius 1 is 1.31 bits per heavy atom. The van der Waals surface area contributed by atoms with Crippen LogP contribution in [0.1, 0.15) is 30.5 Å². The minimum Gasteiger partial charge on any atom is -0.381 e. The minimum absolute atomic E-state index is 0.790. The molecule has 0 aliphatic carbocycles. The van der Waals surface area contributed by atoms with Gasteiger partial charge in [-0.05, 0) is 50.2 Å². The third kappa shape index (κ3) is 4.58. The van der Waals surface area contributed by atoms with Crippen molar-refractivity contribution in [1.29, 1.82) is 0 Å². The van der Waals surface area contributed by atoms with Crippen LogP contribution in [0.15, 0.2) is 29.3 Å². The molecule has 0 bridgehead atoms. The molecule has 1 aliphatic heterocycles. The Kier molecular flexibility index (Phi) is 6.56. The molecule has 2 aromatic rings. The van der Waals surface area contributed by atoms with Gasteiger partial charge in [-0.25, -0.2) is 0 Å². The van der Waals surface area contributed by atoms with Crippen molar-refractivity contribution in [2.24, 2.45) is 10.9 Å². The number of nitrogens with one attached hydrogen (secondary N) is 2. The number of aryl methyl sites for hydroxylation is 1. The van der Waals surface area contributed by atoms with Crippen LogP contribution in [0.3, 0.4) is 0 Å². The Hall–Kier alpha value is -2.01. The first kappa shape index (κ1) is 18.8. The zero-order valence-corrected chi connectivity index (χ0v) is 16.3. The summed E-state index contributed by atoms with van der Waals surface area (Å²) in [6.45, 7) is 5.92. The minimum atomic E-state index is 0.790. The number of aliphatic imine (C=N–C) groups is 1. The number of hydrogen-bond donors (Lipinski definition) is 2. The predicted molar refractivity (Wildman–Crippen MR) is 109 cm³/mol. The van der Waals surface area contributed by atoms with E-state index in [2.05, 4.69) is 58.4 Å². The molecule has 1 aromatic carbocycles. The predicted octanol–water partition coefficient (Wildman–Crippen LogP) is 3.34. The SMILES string of the molecule is CN=C(NCCc1c(C)[nH]c2ccccc12)N(C)CCC1CCOCC1. The van der Waals surface area contributed by atoms with Crippen LogP contribution in [0.2, 0.25) is 0 Å². The van der Waals surface area contributed by atoms with Crippen molar-refractivity contribution in [3.05, 3.63) is 35.5 Å². The van der Waals surface area contributed by atoms with Crippen LogP contribution < -0.4 is 5.32 Å². The molecule has 1 saturated heterocycles. The molecular formula is C21H32N4O. The zero-order valence-electron chi connectivity index (χ0n) is 16.3. The van der Waals surface area contributed by atoms with E-state index in [1.807, 2.05) is 7.05 Å². The van der Waals surface area contributed by atoms with Gasteiger partial charge in [-0.3, -0.25) is 4.99 Å². The lowest BCUT2D eigenvalue weighted by atomic mass is 9.96. The summed E-state index contributed by atoms with van der Waals surface area (Å²) in [5.41, 5.74) is 3.88. The molecule has 1 fully saturated rings. The highest BCUT2D eigenvalue weighted by atomic mass is 16.5. The molecule has 2 heterocycles. The van der Waals surface area contributed by atoms with E-state index >= 15 is 0 Å². The van der Waals surface area contributed by atoms with Crippen molar-refractivity contribution in [2.45, 2.75) is 32.6 Å². The van der Waals surface area contributed by atoms with Crippen molar-refractivity contribution in [3.63, 3.8) is 0 Å². The summed E-state index contributed by atoms with van der Waals surface area (Å²) in [5, 5.41) is 4.85. The van der Waals surface area contributed by atoms with Crippen molar-refractivity contribution < 1.29 is 4.74 Å². The Labute approximate surface area is 156 Å². The molecule has 2 N–H and O–H groups in total. The maximum atomic E-state index is 5.45. The Morgan fingerprint density at radius 2 is 2.08 bits per heavy atom. The lowest BCUT2D eigenvalue weighted by molar-refractivity contribution is 0.0625. The number of para-hydroxylation sites is 1. The van der Waals surface area contributed by atoms with Gasteiger partial charge in [0.2, 0.25) is 0 Å². The summed E-state index contributed by atoms with van der Waals surface area (Å²) >= 11 is 0. The highest BCUT2D eigenvalue weighted by Crippen LogP contribution is 2.22. The van der Waals surface area contributed by atoms with Crippen LogP contribution in [0, 0.1) is 12.8 Å². The molecule has 0 saturated carbocycles. The fourth-order valence-corrected chi connectivity index (χ4v) is 3.86. The summed E-state index contributed by atoms with van der Waals surface area (Å²) in [6, 6.07) is 8.52. The molecule has 5 heteroatoms. The fourth-order valence-electron chi connectivity index (χ4n) is 3.86. The first-order chi connectivity index (χ1) is 12.7. The molecule has 1 aliphatic rings. The largest absolute Gasteiger partial charge is 0.381 e. The summed E-state index contributed by atoms with van der Waals surface area (Å²) in [7, 11) is 4.00. The van der Waals surface area contributed by atoms with Crippen LogP contribution in [0.25, 0.3) is 10.9 Å². The summed E-state index contributed by atoms with van der Waals surface area (Å²) in [4.78, 5) is 10.2. The van der Waals surface area contributed by atoms with Gasteiger partial charge in [-0.1, -0.05) is 18.2 Å². The van der Waals surface area contributed by atoms with Gasteiger partial charge in [0.25, 0.3) is 0 Å². The van der Waals surface area contributed by atoms with Crippen molar-refractivity contribution in [2.75, 3.05) is 40.4 Å². The van der Waals surface area contributed by atoms with E-state index < -0.39 is 0 Å². The van der Waals surface area contributed by atoms with Crippen molar-refractivity contribution >= 4 is 16.9 Å². The highest BCUT2D eigenvalue weighted by Gasteiger charge is 2.15. The lowest BCUT2D eigenvalue weighted by Crippen LogP contribution is -2.40. The zero-order chi connectivity index (χ0) is 18.4. The number of guanidine groups is 1. The molecule has 1 aromatic heterocycles. The maximum absolute atomic E-state index is 5.45. The normalized spacial score (nSPS) is 16.2. The number of aromatic nitrogens is 1. The molecule has 0 spiro atoms. The Bertz CT molecular complexity index is 731. The average Bonchev–Trinajstić information content (AvgIpc) is 2.99. The van der Waals surface area contributed by atoms with E-state index in [1.165, 1.54) is 41.4 Å². The standard InChI is InChI=1S/C21H32N4O/c1-16-18(19-6-4-5-7-20(19)24-16)8-12-23-21(22-2)25(3)13-9-17-10-14-26-15-11-17/h4-7,17,24H,8-15H2,1-3H3,(H,22,23). The van der Waals surface area contributed by atoms with Gasteiger partial charge in [-0.2, -0.15) is 0 Å². The van der Waals surface area contributed by atoms with E-state index in [0.717, 1.165) is 44.6 Å². The number of aromatic amines is 1. The second-order valence-corrected chi connectivity index (χ2v) is 7.26. The number of H-pyrrole nitrogens is 1. The maximum Gasteiger partial charge on any atom is 0.193 e. The van der Waals surface area contributed by atoms with E-state index in [4.69, 9.17) is 4.74 Å². The topological polar surface area (TPSA) is 52.7 Å². The molecule has 5 nitrogen and oxygen atoms in total. The van der Waals surface area contributed by atoms with Crippen molar-refractivity contribution in [3.8, 4) is 0 Å². The van der Waals surface area contributed by atoms with Gasteiger partial charge in [0.1, 0.15) is 0 Å². The first-order valence-corrected chi connectivity index (χ1v) is 9.74. The third-order valence-corrected chi connectivity index (χ3v) is 5.47. The van der Waals surface area contributed by atoms with E-state index in [-0.39, 0.29) is 0 Å². The smallest absolute Gasteiger partial charge is 0.193 e. The second-order valence-electron chi connectivity index (χ2n) is 7.26. The van der Waals surface area contributed by atoms with Crippen LogP contribution in [-0.2, 0) is 11.2 Å². The number of hydrogen-bond acceptors (Lipinski definition) is 2. The van der Waals surface area contributed by atoms with Crippen LogP contribution in [0.5, 0.6) is 0 Å². The average molecular weight is 357 g/mol. The number of benzene rings is 1. The molecule has 26 heavy (non-hydrogen) atoms. The number of ether oxygens (including phenoxy) is 1. The van der Waals surface area contributed by atoms with E-state index in [0.29, 0.717) is 0 Å². The van der Waals surface area contributed by atoms with Crippen molar-refractivity contribution in [1.82, 2.24) is 15.2 Å². The van der Waals surface area contributed by atoms with Crippen LogP contribution >= 0.6 is 0 Å². The van der Waals surface area contributed by atoms with Gasteiger partial charge in [0.15, 0.2) is 5.96 Å². The number of fused-ring (bicyclic) bond motifs is 1. The van der Waals surface area contributed by atoms with Gasteiger partial charge in [0, 0.05) is 57.0 Å². The van der Waals surface area contributed by atoms with E-state index in [1.54, 1.807) is 0 Å². The third-order valence-electron chi connectivity index (χ3n) is 5.47. The molecule has 3 rings (SSSR count). The summed E-state index contributed by atoms with van der Waals surface area (Å²) in [5.74, 6) is 1.77. The molecule has 0 amide bonds. The summed E-state index contributed by atoms with van der Waals surface area (Å²) in [6.07, 6.45) is 4.59. The van der Waals surface area contributed by atoms with Gasteiger partial charge >= 0.3 is 0 Å². The Balaban J connectivity index is 1.49. The molecule has 0 atom stereocenters. The van der Waals surface area contributed by atoms with E-state index in [9.17, 15) is 0 Å². The van der Waals surface area contributed by atoms with Crippen LogP contribution in [0.4, 0.5) is 0 Å². The Morgan fingerprint density at radius 3 is 2.85 bits per heavy atom. The molecule has 0 unspecified atom stereocenters. The van der Waals surface area contributed by atoms with Gasteiger partial charge in [0.05, 0.1) is 0 Å².